The quantitative estimate of drug-likeness (QED) is 0.857. The highest BCUT2D eigenvalue weighted by atomic mass is 16.5. The van der Waals surface area contributed by atoms with Gasteiger partial charge < -0.3 is 14.6 Å². The fourth-order valence-corrected chi connectivity index (χ4v) is 2.56. The first kappa shape index (κ1) is 14.3. The third kappa shape index (κ3) is 3.45. The van der Waals surface area contributed by atoms with Crippen LogP contribution < -0.4 is 5.32 Å². The Morgan fingerprint density at radius 3 is 3.00 bits per heavy atom. The molecule has 1 atom stereocenters. The van der Waals surface area contributed by atoms with Crippen LogP contribution in [0.3, 0.4) is 0 Å². The molecule has 0 aliphatic heterocycles. The lowest BCUT2D eigenvalue weighted by molar-refractivity contribution is 0.00797. The Morgan fingerprint density at radius 1 is 1.53 bits per heavy atom. The standard InChI is InChI=1S/C15H25N3O/c1-5-17-13-7-6-12(8-13)14-9-16-11-18(14)10-15(2,3)19-4/h6,9,11,13,17H,5,7-8,10H2,1-4H3. The summed E-state index contributed by atoms with van der Waals surface area (Å²) >= 11 is 0. The van der Waals surface area contributed by atoms with E-state index in [1.807, 2.05) is 12.5 Å². The zero-order chi connectivity index (χ0) is 13.9. The van der Waals surface area contributed by atoms with Gasteiger partial charge in [-0.3, -0.25) is 0 Å². The van der Waals surface area contributed by atoms with Crippen LogP contribution in [0.25, 0.3) is 5.57 Å². The lowest BCUT2D eigenvalue weighted by Crippen LogP contribution is -2.29. The predicted octanol–water partition coefficient (Wildman–Crippen LogP) is 2.46. The Balaban J connectivity index is 2.08. The molecule has 2 rings (SSSR count). The van der Waals surface area contributed by atoms with Crippen molar-refractivity contribution in [2.45, 2.75) is 51.8 Å². The summed E-state index contributed by atoms with van der Waals surface area (Å²) in [6.07, 6.45) is 8.40. The van der Waals surface area contributed by atoms with Gasteiger partial charge >= 0.3 is 0 Å². The van der Waals surface area contributed by atoms with E-state index in [1.54, 1.807) is 7.11 Å². The number of methoxy groups -OCH3 is 1. The Labute approximate surface area is 115 Å². The maximum atomic E-state index is 5.51. The molecule has 106 valence electrons. The average Bonchev–Trinajstić information content (AvgIpc) is 2.98. The molecular formula is C15H25N3O. The molecular weight excluding hydrogens is 238 g/mol. The molecule has 0 amide bonds. The zero-order valence-corrected chi connectivity index (χ0v) is 12.4. The van der Waals surface area contributed by atoms with Crippen LogP contribution in [0.4, 0.5) is 0 Å². The van der Waals surface area contributed by atoms with E-state index in [4.69, 9.17) is 4.74 Å². The first-order chi connectivity index (χ1) is 9.05. The second-order valence-corrected chi connectivity index (χ2v) is 5.79. The molecule has 1 aliphatic rings. The molecule has 4 nitrogen and oxygen atoms in total. The van der Waals surface area contributed by atoms with Crippen molar-refractivity contribution in [3.63, 3.8) is 0 Å². The maximum absolute atomic E-state index is 5.51. The Bertz CT molecular complexity index is 448. The first-order valence-corrected chi connectivity index (χ1v) is 7.04. The van der Waals surface area contributed by atoms with E-state index in [-0.39, 0.29) is 5.60 Å². The van der Waals surface area contributed by atoms with Crippen molar-refractivity contribution in [3.8, 4) is 0 Å². The fraction of sp³-hybridized carbons (Fsp3) is 0.667. The summed E-state index contributed by atoms with van der Waals surface area (Å²) in [7, 11) is 1.76. The van der Waals surface area contributed by atoms with Crippen molar-refractivity contribution in [2.24, 2.45) is 0 Å². The van der Waals surface area contributed by atoms with Gasteiger partial charge in [-0.05, 0) is 38.8 Å². The van der Waals surface area contributed by atoms with Gasteiger partial charge in [-0.15, -0.1) is 0 Å². The minimum absolute atomic E-state index is 0.171. The van der Waals surface area contributed by atoms with Gasteiger partial charge in [0.1, 0.15) is 0 Å². The second kappa shape index (κ2) is 5.88. The van der Waals surface area contributed by atoms with Crippen LogP contribution in [-0.2, 0) is 11.3 Å². The van der Waals surface area contributed by atoms with E-state index >= 15 is 0 Å². The summed E-state index contributed by atoms with van der Waals surface area (Å²) in [6.45, 7) is 8.20. The molecule has 1 unspecified atom stereocenters. The number of imidazole rings is 1. The molecule has 0 saturated carbocycles. The van der Waals surface area contributed by atoms with Crippen LogP contribution in [0, 0.1) is 0 Å². The Morgan fingerprint density at radius 2 is 2.32 bits per heavy atom. The third-order valence-electron chi connectivity index (χ3n) is 3.75. The molecule has 0 saturated heterocycles. The number of rotatable bonds is 6. The molecule has 1 aromatic heterocycles. The summed E-state index contributed by atoms with van der Waals surface area (Å²) in [5.74, 6) is 0. The third-order valence-corrected chi connectivity index (χ3v) is 3.75. The SMILES string of the molecule is CCNC1CC=C(c2cncn2CC(C)(C)OC)C1. The Kier molecular flexibility index (Phi) is 4.42. The molecule has 19 heavy (non-hydrogen) atoms. The van der Waals surface area contributed by atoms with Crippen molar-refractivity contribution >= 4 is 5.57 Å². The molecule has 1 aliphatic carbocycles. The number of nitrogens with one attached hydrogen (secondary N) is 1. The van der Waals surface area contributed by atoms with E-state index in [0.717, 1.165) is 25.9 Å². The van der Waals surface area contributed by atoms with Gasteiger partial charge in [0.2, 0.25) is 0 Å². The molecule has 0 fully saturated rings. The van der Waals surface area contributed by atoms with Crippen LogP contribution in [0.15, 0.2) is 18.6 Å². The van der Waals surface area contributed by atoms with Crippen LogP contribution in [0.5, 0.6) is 0 Å². The van der Waals surface area contributed by atoms with Crippen molar-refractivity contribution in [2.75, 3.05) is 13.7 Å². The van der Waals surface area contributed by atoms with E-state index in [1.165, 1.54) is 11.3 Å². The molecule has 1 N–H and O–H groups in total. The second-order valence-electron chi connectivity index (χ2n) is 5.79. The smallest absolute Gasteiger partial charge is 0.0951 e. The molecule has 0 bridgehead atoms. The van der Waals surface area contributed by atoms with Gasteiger partial charge in [0.15, 0.2) is 0 Å². The van der Waals surface area contributed by atoms with Gasteiger partial charge in [0.25, 0.3) is 0 Å². The van der Waals surface area contributed by atoms with Gasteiger partial charge in [0, 0.05) is 13.2 Å². The summed E-state index contributed by atoms with van der Waals surface area (Å²) in [5, 5.41) is 3.51. The van der Waals surface area contributed by atoms with Crippen molar-refractivity contribution in [1.82, 2.24) is 14.9 Å². The van der Waals surface area contributed by atoms with E-state index in [2.05, 4.69) is 41.7 Å². The molecule has 0 aromatic carbocycles. The van der Waals surface area contributed by atoms with Gasteiger partial charge in [-0.2, -0.15) is 0 Å². The number of aromatic nitrogens is 2. The number of hydrogen-bond acceptors (Lipinski definition) is 3. The highest BCUT2D eigenvalue weighted by Gasteiger charge is 2.23. The molecule has 1 heterocycles. The van der Waals surface area contributed by atoms with Crippen LogP contribution >= 0.6 is 0 Å². The number of hydrogen-bond donors (Lipinski definition) is 1. The molecule has 0 radical (unpaired) electrons. The average molecular weight is 263 g/mol. The van der Waals surface area contributed by atoms with Crippen molar-refractivity contribution in [3.05, 3.63) is 24.3 Å². The first-order valence-electron chi connectivity index (χ1n) is 7.04. The minimum atomic E-state index is -0.171. The summed E-state index contributed by atoms with van der Waals surface area (Å²) in [6, 6.07) is 0.582. The van der Waals surface area contributed by atoms with Crippen molar-refractivity contribution in [1.29, 1.82) is 0 Å². The lowest BCUT2D eigenvalue weighted by atomic mass is 10.1. The molecule has 4 heteroatoms. The largest absolute Gasteiger partial charge is 0.377 e. The maximum Gasteiger partial charge on any atom is 0.0951 e. The fourth-order valence-electron chi connectivity index (χ4n) is 2.56. The summed E-state index contributed by atoms with van der Waals surface area (Å²) in [5.41, 5.74) is 2.45. The molecule has 1 aromatic rings. The zero-order valence-electron chi connectivity index (χ0n) is 12.4. The van der Waals surface area contributed by atoms with E-state index in [9.17, 15) is 0 Å². The van der Waals surface area contributed by atoms with Gasteiger partial charge in [-0.25, -0.2) is 4.98 Å². The monoisotopic (exact) mass is 263 g/mol. The van der Waals surface area contributed by atoms with E-state index in [0.29, 0.717) is 6.04 Å². The van der Waals surface area contributed by atoms with Crippen LogP contribution in [0.1, 0.15) is 39.3 Å². The highest BCUT2D eigenvalue weighted by molar-refractivity contribution is 5.65. The highest BCUT2D eigenvalue weighted by Crippen LogP contribution is 2.28. The van der Waals surface area contributed by atoms with Crippen LogP contribution in [-0.4, -0.2) is 34.8 Å². The number of ether oxygens (including phenoxy) is 1. The molecule has 0 spiro atoms. The summed E-state index contributed by atoms with van der Waals surface area (Å²) < 4.78 is 7.71. The lowest BCUT2D eigenvalue weighted by Gasteiger charge is -2.24. The van der Waals surface area contributed by atoms with E-state index < -0.39 is 0 Å². The normalized spacial score (nSPS) is 19.8. The Hall–Kier alpha value is -1.13. The number of nitrogens with zero attached hydrogens (tertiary/aromatic N) is 2. The summed E-state index contributed by atoms with van der Waals surface area (Å²) in [4.78, 5) is 4.30. The van der Waals surface area contributed by atoms with Gasteiger partial charge in [0.05, 0.1) is 30.4 Å². The van der Waals surface area contributed by atoms with Gasteiger partial charge in [-0.1, -0.05) is 13.0 Å². The van der Waals surface area contributed by atoms with Crippen molar-refractivity contribution < 1.29 is 4.74 Å². The topological polar surface area (TPSA) is 39.1 Å². The van der Waals surface area contributed by atoms with Crippen LogP contribution in [0.2, 0.25) is 0 Å². The minimum Gasteiger partial charge on any atom is -0.377 e. The predicted molar refractivity (Wildman–Crippen MR) is 78.0 cm³/mol.